The average molecular weight is 353 g/mol. The predicted molar refractivity (Wildman–Crippen MR) is 101 cm³/mol. The van der Waals surface area contributed by atoms with Gasteiger partial charge in [-0.05, 0) is 29.7 Å². The third-order valence-corrected chi connectivity index (χ3v) is 5.41. The van der Waals surface area contributed by atoms with E-state index in [0.717, 1.165) is 39.1 Å². The van der Waals surface area contributed by atoms with Gasteiger partial charge in [0.25, 0.3) is 0 Å². The summed E-state index contributed by atoms with van der Waals surface area (Å²) in [5, 5.41) is 0. The zero-order valence-corrected chi connectivity index (χ0v) is 14.9. The van der Waals surface area contributed by atoms with Crippen molar-refractivity contribution in [2.24, 2.45) is 0 Å². The Morgan fingerprint density at radius 3 is 2.35 bits per heavy atom. The second-order valence-electron chi connectivity index (χ2n) is 7.05. The van der Waals surface area contributed by atoms with Crippen LogP contribution >= 0.6 is 0 Å². The molecule has 2 aliphatic heterocycles. The minimum atomic E-state index is -0.177. The van der Waals surface area contributed by atoms with Gasteiger partial charge in [-0.25, -0.2) is 4.39 Å². The molecule has 4 rings (SSSR count). The molecule has 0 bridgehead atoms. The molecule has 0 aliphatic carbocycles. The maximum absolute atomic E-state index is 13.9. The van der Waals surface area contributed by atoms with E-state index in [1.54, 1.807) is 6.07 Å². The van der Waals surface area contributed by atoms with E-state index in [1.807, 2.05) is 23.1 Å². The fourth-order valence-corrected chi connectivity index (χ4v) is 3.85. The number of carbonyl (C=O) groups excluding carboxylic acids is 1. The van der Waals surface area contributed by atoms with Crippen molar-refractivity contribution >= 4 is 11.6 Å². The molecule has 0 atom stereocenters. The van der Waals surface area contributed by atoms with Crippen LogP contribution in [-0.4, -0.2) is 55.0 Å². The van der Waals surface area contributed by atoms with Gasteiger partial charge in [-0.1, -0.05) is 36.4 Å². The molecule has 1 fully saturated rings. The molecule has 2 aliphatic rings. The Hall–Kier alpha value is -2.40. The van der Waals surface area contributed by atoms with Crippen LogP contribution in [0.5, 0.6) is 0 Å². The predicted octanol–water partition coefficient (Wildman–Crippen LogP) is 2.53. The zero-order valence-electron chi connectivity index (χ0n) is 14.9. The van der Waals surface area contributed by atoms with Crippen LogP contribution in [0.25, 0.3) is 0 Å². The molecule has 5 heteroatoms. The summed E-state index contributed by atoms with van der Waals surface area (Å²) in [6.45, 7) is 5.02. The summed E-state index contributed by atoms with van der Waals surface area (Å²) in [4.78, 5) is 18.9. The molecular weight excluding hydrogens is 329 g/mol. The first-order valence-electron chi connectivity index (χ1n) is 9.27. The van der Waals surface area contributed by atoms with E-state index in [-0.39, 0.29) is 11.7 Å². The number of benzene rings is 2. The van der Waals surface area contributed by atoms with E-state index in [0.29, 0.717) is 18.8 Å². The van der Waals surface area contributed by atoms with Gasteiger partial charge in [0.05, 0.1) is 12.2 Å². The monoisotopic (exact) mass is 353 g/mol. The van der Waals surface area contributed by atoms with Crippen molar-refractivity contribution < 1.29 is 9.18 Å². The van der Waals surface area contributed by atoms with Gasteiger partial charge >= 0.3 is 0 Å². The number of piperazine rings is 1. The summed E-state index contributed by atoms with van der Waals surface area (Å²) in [5.74, 6) is 0.0165. The Morgan fingerprint density at radius 1 is 0.885 bits per heavy atom. The second-order valence-corrected chi connectivity index (χ2v) is 7.05. The molecule has 0 spiro atoms. The van der Waals surface area contributed by atoms with E-state index in [4.69, 9.17) is 0 Å². The van der Waals surface area contributed by atoms with E-state index in [2.05, 4.69) is 28.0 Å². The molecule has 0 aromatic heterocycles. The highest BCUT2D eigenvalue weighted by Gasteiger charge is 2.25. The van der Waals surface area contributed by atoms with Crippen LogP contribution in [0.2, 0.25) is 0 Å². The Morgan fingerprint density at radius 2 is 1.58 bits per heavy atom. The smallest absolute Gasteiger partial charge is 0.237 e. The summed E-state index contributed by atoms with van der Waals surface area (Å²) in [6.07, 6.45) is 0.934. The van der Waals surface area contributed by atoms with Gasteiger partial charge in [-0.2, -0.15) is 0 Å². The molecule has 136 valence electrons. The molecule has 0 unspecified atom stereocenters. The van der Waals surface area contributed by atoms with Gasteiger partial charge in [0.2, 0.25) is 5.91 Å². The van der Waals surface area contributed by atoms with Crippen LogP contribution in [-0.2, 0) is 17.8 Å². The summed E-state index contributed by atoms with van der Waals surface area (Å²) in [5.41, 5.74) is 3.28. The molecule has 1 amide bonds. The minimum Gasteiger partial charge on any atom is -0.367 e. The Balaban J connectivity index is 1.31. The average Bonchev–Trinajstić information content (AvgIpc) is 2.69. The summed E-state index contributed by atoms with van der Waals surface area (Å²) in [7, 11) is 0. The third kappa shape index (κ3) is 3.58. The molecule has 0 N–H and O–H groups in total. The van der Waals surface area contributed by atoms with Crippen LogP contribution < -0.4 is 4.90 Å². The van der Waals surface area contributed by atoms with Crippen molar-refractivity contribution in [1.82, 2.24) is 9.80 Å². The van der Waals surface area contributed by atoms with E-state index in [1.165, 1.54) is 17.2 Å². The number of para-hydroxylation sites is 1. The molecule has 0 radical (unpaired) electrons. The zero-order chi connectivity index (χ0) is 17.9. The highest BCUT2D eigenvalue weighted by molar-refractivity contribution is 5.78. The first-order valence-corrected chi connectivity index (χ1v) is 9.27. The van der Waals surface area contributed by atoms with Gasteiger partial charge in [-0.3, -0.25) is 9.69 Å². The van der Waals surface area contributed by atoms with Gasteiger partial charge < -0.3 is 9.80 Å². The Kier molecular flexibility index (Phi) is 4.89. The summed E-state index contributed by atoms with van der Waals surface area (Å²) < 4.78 is 13.9. The van der Waals surface area contributed by atoms with E-state index >= 15 is 0 Å². The topological polar surface area (TPSA) is 26.8 Å². The largest absolute Gasteiger partial charge is 0.367 e. The summed E-state index contributed by atoms with van der Waals surface area (Å²) >= 11 is 0. The van der Waals surface area contributed by atoms with Crippen LogP contribution in [0, 0.1) is 5.82 Å². The molecule has 26 heavy (non-hydrogen) atoms. The number of rotatable bonds is 3. The fraction of sp³-hybridized carbons (Fsp3) is 0.381. The van der Waals surface area contributed by atoms with Crippen molar-refractivity contribution in [3.05, 3.63) is 65.5 Å². The van der Waals surface area contributed by atoms with Gasteiger partial charge in [0.1, 0.15) is 5.82 Å². The van der Waals surface area contributed by atoms with Crippen LogP contribution in [0.4, 0.5) is 10.1 Å². The molecule has 4 nitrogen and oxygen atoms in total. The maximum Gasteiger partial charge on any atom is 0.237 e. The number of hydrogen-bond donors (Lipinski definition) is 0. The van der Waals surface area contributed by atoms with Crippen molar-refractivity contribution in [2.45, 2.75) is 13.0 Å². The Bertz CT molecular complexity index is 786. The first kappa shape index (κ1) is 17.0. The van der Waals surface area contributed by atoms with E-state index < -0.39 is 0 Å². The van der Waals surface area contributed by atoms with Crippen molar-refractivity contribution in [3.63, 3.8) is 0 Å². The Labute approximate surface area is 153 Å². The lowest BCUT2D eigenvalue weighted by molar-refractivity contribution is -0.133. The maximum atomic E-state index is 13.9. The molecule has 2 aromatic rings. The number of halogens is 1. The highest BCUT2D eigenvalue weighted by atomic mass is 19.1. The SMILES string of the molecule is O=C(CN1CCN(c2ccccc2F)CC1)N1CCc2ccccc2C1. The molecular formula is C21H24FN3O. The normalized spacial score (nSPS) is 17.9. The number of fused-ring (bicyclic) bond motifs is 1. The minimum absolute atomic E-state index is 0.177. The van der Waals surface area contributed by atoms with Gasteiger partial charge in [-0.15, -0.1) is 0 Å². The lowest BCUT2D eigenvalue weighted by atomic mass is 10.00. The second kappa shape index (κ2) is 7.46. The van der Waals surface area contributed by atoms with Crippen molar-refractivity contribution in [3.8, 4) is 0 Å². The van der Waals surface area contributed by atoms with Crippen LogP contribution in [0.3, 0.4) is 0 Å². The standard InChI is InChI=1S/C21H24FN3O/c22-19-7-3-4-8-20(19)24-13-11-23(12-14-24)16-21(26)25-10-9-17-5-1-2-6-18(17)15-25/h1-8H,9-16H2. The van der Waals surface area contributed by atoms with Crippen LogP contribution in [0.15, 0.2) is 48.5 Å². The van der Waals surface area contributed by atoms with Gasteiger partial charge in [0, 0.05) is 39.3 Å². The van der Waals surface area contributed by atoms with Gasteiger partial charge in [0.15, 0.2) is 0 Å². The number of nitrogens with zero attached hydrogens (tertiary/aromatic N) is 3. The molecule has 1 saturated heterocycles. The van der Waals surface area contributed by atoms with Crippen molar-refractivity contribution in [1.29, 1.82) is 0 Å². The first-order chi connectivity index (χ1) is 12.7. The third-order valence-electron chi connectivity index (χ3n) is 5.41. The van der Waals surface area contributed by atoms with Crippen molar-refractivity contribution in [2.75, 3.05) is 44.2 Å². The number of amides is 1. The molecule has 2 aromatic carbocycles. The molecule has 0 saturated carbocycles. The molecule has 2 heterocycles. The van der Waals surface area contributed by atoms with E-state index in [9.17, 15) is 9.18 Å². The lowest BCUT2D eigenvalue weighted by Gasteiger charge is -2.37. The van der Waals surface area contributed by atoms with Crippen LogP contribution in [0.1, 0.15) is 11.1 Å². The summed E-state index contributed by atoms with van der Waals surface area (Å²) in [6, 6.07) is 15.3. The highest BCUT2D eigenvalue weighted by Crippen LogP contribution is 2.21. The fourth-order valence-electron chi connectivity index (χ4n) is 3.85. The lowest BCUT2D eigenvalue weighted by Crippen LogP contribution is -2.50. The number of carbonyl (C=O) groups is 1. The number of anilines is 1. The quantitative estimate of drug-likeness (QED) is 0.848. The number of hydrogen-bond acceptors (Lipinski definition) is 3.